The van der Waals surface area contributed by atoms with E-state index < -0.39 is 11.9 Å². The Morgan fingerprint density at radius 1 is 1.12 bits per heavy atom. The lowest BCUT2D eigenvalue weighted by molar-refractivity contribution is -0.142. The summed E-state index contributed by atoms with van der Waals surface area (Å²) in [5.74, 6) is 0.0453. The van der Waals surface area contributed by atoms with Gasteiger partial charge in [0.15, 0.2) is 0 Å². The number of hydrogen-bond acceptors (Lipinski definition) is 4. The summed E-state index contributed by atoms with van der Waals surface area (Å²) in [6.07, 6.45) is 4.83. The number of rotatable bonds is 7. The van der Waals surface area contributed by atoms with Gasteiger partial charge in [0.25, 0.3) is 0 Å². The number of aliphatic carboxylic acids is 1. The lowest BCUT2D eigenvalue weighted by atomic mass is 9.82. The van der Waals surface area contributed by atoms with Crippen molar-refractivity contribution < 1.29 is 23.8 Å². The molecule has 176 valence electrons. The Labute approximate surface area is 198 Å². The molecule has 0 bridgehead atoms. The summed E-state index contributed by atoms with van der Waals surface area (Å²) in [4.78, 5) is 15.8. The van der Waals surface area contributed by atoms with E-state index in [2.05, 4.69) is 4.98 Å². The summed E-state index contributed by atoms with van der Waals surface area (Å²) < 4.78 is 26.7. The average molecular weight is 462 g/mol. The van der Waals surface area contributed by atoms with E-state index in [0.717, 1.165) is 47.3 Å². The zero-order valence-electron chi connectivity index (χ0n) is 19.3. The second kappa shape index (κ2) is 9.09. The van der Waals surface area contributed by atoms with Crippen LogP contribution in [-0.4, -0.2) is 23.2 Å². The molecule has 0 saturated heterocycles. The van der Waals surface area contributed by atoms with Gasteiger partial charge >= 0.3 is 5.97 Å². The third-order valence-corrected chi connectivity index (χ3v) is 7.10. The number of aromatic nitrogens is 1. The van der Waals surface area contributed by atoms with Crippen LogP contribution in [0.4, 0.5) is 4.39 Å². The number of pyridine rings is 1. The predicted octanol–water partition coefficient (Wildman–Crippen LogP) is 6.18. The van der Waals surface area contributed by atoms with Crippen LogP contribution in [0.25, 0.3) is 11.1 Å². The minimum atomic E-state index is -0.776. The largest absolute Gasteiger partial charge is 0.485 e. The van der Waals surface area contributed by atoms with E-state index in [0.29, 0.717) is 23.8 Å². The Morgan fingerprint density at radius 2 is 1.91 bits per heavy atom. The van der Waals surface area contributed by atoms with Crippen molar-refractivity contribution >= 4 is 5.97 Å². The van der Waals surface area contributed by atoms with Crippen LogP contribution in [0.15, 0.2) is 54.7 Å². The summed E-state index contributed by atoms with van der Waals surface area (Å²) >= 11 is 0. The van der Waals surface area contributed by atoms with Gasteiger partial charge in [-0.2, -0.15) is 0 Å². The molecule has 6 heteroatoms. The van der Waals surface area contributed by atoms with E-state index in [1.54, 1.807) is 32.4 Å². The first-order chi connectivity index (χ1) is 16.4. The molecule has 5 rings (SSSR count). The molecule has 2 heterocycles. The first-order valence-corrected chi connectivity index (χ1v) is 11.8. The Balaban J connectivity index is 1.40. The maximum absolute atomic E-state index is 15.2. The Kier molecular flexibility index (Phi) is 5.98. The molecular formula is C28H28FNO4. The number of carboxylic acid groups (broad SMARTS) is 1. The van der Waals surface area contributed by atoms with Crippen molar-refractivity contribution in [2.75, 3.05) is 7.11 Å². The SMILES string of the molecule is COc1cc(-c2ccc(C3CCc4ccc(C(C5CC5)C(C)C(=O)O)cc4O3)c(F)c2)ccn1. The van der Waals surface area contributed by atoms with Crippen LogP contribution in [0.1, 0.15) is 54.9 Å². The molecule has 1 saturated carbocycles. The molecule has 1 fully saturated rings. The minimum absolute atomic E-state index is 0.0276. The molecule has 5 nitrogen and oxygen atoms in total. The Hall–Kier alpha value is -3.41. The predicted molar refractivity (Wildman–Crippen MR) is 127 cm³/mol. The van der Waals surface area contributed by atoms with Crippen molar-refractivity contribution in [1.82, 2.24) is 4.98 Å². The quantitative estimate of drug-likeness (QED) is 0.455. The van der Waals surface area contributed by atoms with E-state index in [9.17, 15) is 9.90 Å². The number of benzene rings is 2. The lowest BCUT2D eigenvalue weighted by Gasteiger charge is -2.29. The molecule has 1 aromatic heterocycles. The minimum Gasteiger partial charge on any atom is -0.485 e. The third kappa shape index (κ3) is 4.37. The number of hydrogen-bond donors (Lipinski definition) is 1. The highest BCUT2D eigenvalue weighted by atomic mass is 19.1. The first-order valence-electron chi connectivity index (χ1n) is 11.8. The van der Waals surface area contributed by atoms with Crippen LogP contribution in [0.5, 0.6) is 11.6 Å². The number of carboxylic acids is 1. The smallest absolute Gasteiger partial charge is 0.306 e. The Morgan fingerprint density at radius 3 is 2.62 bits per heavy atom. The summed E-state index contributed by atoms with van der Waals surface area (Å²) in [5.41, 5.74) is 4.18. The van der Waals surface area contributed by atoms with Gasteiger partial charge in [0.1, 0.15) is 17.7 Å². The highest BCUT2D eigenvalue weighted by Crippen LogP contribution is 2.48. The number of halogens is 1. The van der Waals surface area contributed by atoms with Gasteiger partial charge in [-0.3, -0.25) is 4.79 Å². The number of fused-ring (bicyclic) bond motifs is 1. The van der Waals surface area contributed by atoms with Crippen LogP contribution < -0.4 is 9.47 Å². The fourth-order valence-electron chi connectivity index (χ4n) is 5.06. The van der Waals surface area contributed by atoms with E-state index in [4.69, 9.17) is 9.47 Å². The zero-order valence-corrected chi connectivity index (χ0v) is 19.3. The maximum atomic E-state index is 15.2. The highest BCUT2D eigenvalue weighted by molar-refractivity contribution is 5.71. The van der Waals surface area contributed by atoms with Crippen LogP contribution in [-0.2, 0) is 11.2 Å². The van der Waals surface area contributed by atoms with Gasteiger partial charge in [0.2, 0.25) is 5.88 Å². The van der Waals surface area contributed by atoms with E-state index >= 15 is 4.39 Å². The molecule has 3 atom stereocenters. The van der Waals surface area contributed by atoms with Crippen molar-refractivity contribution in [3.05, 3.63) is 77.2 Å². The molecular weight excluding hydrogens is 433 g/mol. The van der Waals surface area contributed by atoms with Crippen LogP contribution in [0.3, 0.4) is 0 Å². The standard InChI is InChI=1S/C28H28FNO4/c1-16(28(31)32)27(18-4-5-18)21-6-3-17-8-10-24(34-25(17)14-21)22-9-7-19(13-23(22)29)20-11-12-30-26(15-20)33-2/h3,6-7,9,11-16,18,24,27H,4-5,8,10H2,1-2H3,(H,31,32). The third-order valence-electron chi connectivity index (χ3n) is 7.10. The summed E-state index contributed by atoms with van der Waals surface area (Å²) in [7, 11) is 1.55. The van der Waals surface area contributed by atoms with Gasteiger partial charge in [0.05, 0.1) is 13.0 Å². The number of aryl methyl sites for hydroxylation is 1. The van der Waals surface area contributed by atoms with Crippen molar-refractivity contribution in [2.45, 2.75) is 44.6 Å². The number of carbonyl (C=O) groups is 1. The number of methoxy groups -OCH3 is 1. The summed E-state index contributed by atoms with van der Waals surface area (Å²) in [6.45, 7) is 1.78. The van der Waals surface area contributed by atoms with Gasteiger partial charge < -0.3 is 14.6 Å². The second-order valence-corrected chi connectivity index (χ2v) is 9.33. The van der Waals surface area contributed by atoms with Crippen molar-refractivity contribution in [2.24, 2.45) is 11.8 Å². The molecule has 1 aliphatic heterocycles. The first kappa shape index (κ1) is 22.4. The summed E-state index contributed by atoms with van der Waals surface area (Å²) in [6, 6.07) is 14.9. The van der Waals surface area contributed by atoms with Crippen LogP contribution >= 0.6 is 0 Å². The summed E-state index contributed by atoms with van der Waals surface area (Å²) in [5, 5.41) is 9.60. The maximum Gasteiger partial charge on any atom is 0.306 e. The number of ether oxygens (including phenoxy) is 2. The normalized spacial score (nSPS) is 19.0. The van der Waals surface area contributed by atoms with Gasteiger partial charge in [-0.15, -0.1) is 0 Å². The van der Waals surface area contributed by atoms with Gasteiger partial charge in [-0.1, -0.05) is 31.2 Å². The molecule has 1 N–H and O–H groups in total. The molecule has 1 aliphatic carbocycles. The molecule has 3 aromatic rings. The fourth-order valence-corrected chi connectivity index (χ4v) is 5.06. The average Bonchev–Trinajstić information content (AvgIpc) is 3.68. The van der Waals surface area contributed by atoms with E-state index in [1.807, 2.05) is 30.3 Å². The topological polar surface area (TPSA) is 68.7 Å². The molecule has 2 aromatic carbocycles. The molecule has 2 aliphatic rings. The Bertz CT molecular complexity index is 1220. The zero-order chi connectivity index (χ0) is 23.8. The van der Waals surface area contributed by atoms with Crippen LogP contribution in [0, 0.1) is 17.7 Å². The second-order valence-electron chi connectivity index (χ2n) is 9.33. The van der Waals surface area contributed by atoms with E-state index in [1.165, 1.54) is 6.07 Å². The molecule has 0 radical (unpaired) electrons. The molecule has 3 unspecified atom stereocenters. The lowest BCUT2D eigenvalue weighted by Crippen LogP contribution is -2.21. The van der Waals surface area contributed by atoms with Gasteiger partial charge in [0, 0.05) is 17.8 Å². The fraction of sp³-hybridized carbons (Fsp3) is 0.357. The highest BCUT2D eigenvalue weighted by Gasteiger charge is 2.39. The van der Waals surface area contributed by atoms with Gasteiger partial charge in [-0.25, -0.2) is 9.37 Å². The van der Waals surface area contributed by atoms with E-state index in [-0.39, 0.29) is 17.8 Å². The monoisotopic (exact) mass is 461 g/mol. The van der Waals surface area contributed by atoms with Crippen molar-refractivity contribution in [3.8, 4) is 22.8 Å². The van der Waals surface area contributed by atoms with Crippen molar-refractivity contribution in [1.29, 1.82) is 0 Å². The van der Waals surface area contributed by atoms with Crippen molar-refractivity contribution in [3.63, 3.8) is 0 Å². The molecule has 0 amide bonds. The van der Waals surface area contributed by atoms with Crippen LogP contribution in [0.2, 0.25) is 0 Å². The molecule has 34 heavy (non-hydrogen) atoms. The molecule has 0 spiro atoms. The number of nitrogens with zero attached hydrogens (tertiary/aromatic N) is 1. The van der Waals surface area contributed by atoms with Gasteiger partial charge in [-0.05, 0) is 78.0 Å².